The fraction of sp³-hybridized carbons (Fsp3) is 0.391. The molecule has 1 saturated heterocycles. The number of nitrogens with one attached hydrogen (secondary N) is 1. The average molecular weight is 396 g/mol. The van der Waals surface area contributed by atoms with E-state index in [9.17, 15) is 9.59 Å². The summed E-state index contributed by atoms with van der Waals surface area (Å²) in [6.07, 6.45) is 2.19. The van der Waals surface area contributed by atoms with Gasteiger partial charge in [-0.1, -0.05) is 13.0 Å². The highest BCUT2D eigenvalue weighted by molar-refractivity contribution is 5.99. The number of hydrogen-bond acceptors (Lipinski definition) is 4. The maximum atomic E-state index is 12.7. The zero-order chi connectivity index (χ0) is 20.6. The van der Waals surface area contributed by atoms with Crippen LogP contribution < -0.4 is 14.8 Å². The fourth-order valence-electron chi connectivity index (χ4n) is 3.46. The van der Waals surface area contributed by atoms with Gasteiger partial charge in [0.1, 0.15) is 18.1 Å². The number of benzene rings is 2. The molecule has 1 atom stereocenters. The van der Waals surface area contributed by atoms with E-state index in [1.165, 1.54) is 0 Å². The predicted molar refractivity (Wildman–Crippen MR) is 112 cm³/mol. The standard InChI is InChI=1S/C23H28N2O4/c1-17-5-4-13-25(16-17)23(27)19-7-3-6-18(15-19)22(26)24-12-14-29-21-10-8-20(28-2)9-11-21/h3,6-11,15,17H,4-5,12-14,16H2,1-2H3,(H,24,26). The molecule has 2 aromatic rings. The number of carbonyl (C=O) groups excluding carboxylic acids is 2. The topological polar surface area (TPSA) is 67.9 Å². The molecular weight excluding hydrogens is 368 g/mol. The Morgan fingerprint density at radius 1 is 1.10 bits per heavy atom. The summed E-state index contributed by atoms with van der Waals surface area (Å²) in [6, 6.07) is 14.2. The summed E-state index contributed by atoms with van der Waals surface area (Å²) in [7, 11) is 1.61. The van der Waals surface area contributed by atoms with Gasteiger partial charge in [0.15, 0.2) is 0 Å². The molecule has 3 rings (SSSR count). The van der Waals surface area contributed by atoms with Crippen molar-refractivity contribution in [2.24, 2.45) is 5.92 Å². The van der Waals surface area contributed by atoms with Crippen LogP contribution in [0.2, 0.25) is 0 Å². The van der Waals surface area contributed by atoms with Crippen molar-refractivity contribution in [3.8, 4) is 11.5 Å². The highest BCUT2D eigenvalue weighted by Crippen LogP contribution is 2.19. The first-order valence-corrected chi connectivity index (χ1v) is 10.0. The van der Waals surface area contributed by atoms with Crippen molar-refractivity contribution < 1.29 is 19.1 Å². The van der Waals surface area contributed by atoms with E-state index in [1.54, 1.807) is 31.4 Å². The van der Waals surface area contributed by atoms with Crippen molar-refractivity contribution in [1.29, 1.82) is 0 Å². The van der Waals surface area contributed by atoms with Crippen LogP contribution >= 0.6 is 0 Å². The Kier molecular flexibility index (Phi) is 7.11. The summed E-state index contributed by atoms with van der Waals surface area (Å²) in [4.78, 5) is 27.1. The van der Waals surface area contributed by atoms with Gasteiger partial charge in [0.25, 0.3) is 11.8 Å². The Bertz CT molecular complexity index is 835. The second kappa shape index (κ2) is 9.96. The molecule has 0 bridgehead atoms. The number of piperidine rings is 1. The van der Waals surface area contributed by atoms with Crippen LogP contribution in [-0.4, -0.2) is 50.1 Å². The molecule has 1 N–H and O–H groups in total. The lowest BCUT2D eigenvalue weighted by Crippen LogP contribution is -2.39. The van der Waals surface area contributed by atoms with Crippen LogP contribution in [-0.2, 0) is 0 Å². The number of ether oxygens (including phenoxy) is 2. The summed E-state index contributed by atoms with van der Waals surface area (Å²) in [5, 5.41) is 2.83. The van der Waals surface area contributed by atoms with E-state index in [0.717, 1.165) is 31.7 Å². The maximum Gasteiger partial charge on any atom is 0.253 e. The Morgan fingerprint density at radius 2 is 1.83 bits per heavy atom. The van der Waals surface area contributed by atoms with Crippen molar-refractivity contribution in [3.05, 3.63) is 59.7 Å². The molecule has 6 heteroatoms. The van der Waals surface area contributed by atoms with Crippen LogP contribution in [0.15, 0.2) is 48.5 Å². The number of nitrogens with zero attached hydrogens (tertiary/aromatic N) is 1. The summed E-state index contributed by atoms with van der Waals surface area (Å²) in [5.41, 5.74) is 1.03. The molecule has 1 heterocycles. The SMILES string of the molecule is COc1ccc(OCCNC(=O)c2cccc(C(=O)N3CCCC(C)C3)c2)cc1. The van der Waals surface area contributed by atoms with Crippen molar-refractivity contribution in [1.82, 2.24) is 10.2 Å². The van der Waals surface area contributed by atoms with Crippen LogP contribution in [0.5, 0.6) is 11.5 Å². The molecule has 154 valence electrons. The molecule has 6 nitrogen and oxygen atoms in total. The van der Waals surface area contributed by atoms with E-state index in [4.69, 9.17) is 9.47 Å². The smallest absolute Gasteiger partial charge is 0.253 e. The molecule has 0 aromatic heterocycles. The fourth-order valence-corrected chi connectivity index (χ4v) is 3.46. The molecule has 1 aliphatic heterocycles. The average Bonchev–Trinajstić information content (AvgIpc) is 2.76. The van der Waals surface area contributed by atoms with Gasteiger partial charge >= 0.3 is 0 Å². The second-order valence-corrected chi connectivity index (χ2v) is 7.36. The summed E-state index contributed by atoms with van der Waals surface area (Å²) in [5.74, 6) is 1.77. The van der Waals surface area contributed by atoms with Gasteiger partial charge in [-0.25, -0.2) is 0 Å². The second-order valence-electron chi connectivity index (χ2n) is 7.36. The highest BCUT2D eigenvalue weighted by Gasteiger charge is 2.22. The molecule has 0 aliphatic carbocycles. The van der Waals surface area contributed by atoms with Gasteiger partial charge in [-0.15, -0.1) is 0 Å². The molecule has 2 amide bonds. The quantitative estimate of drug-likeness (QED) is 0.729. The Balaban J connectivity index is 1.50. The van der Waals surface area contributed by atoms with Crippen molar-refractivity contribution in [3.63, 3.8) is 0 Å². The van der Waals surface area contributed by atoms with Crippen molar-refractivity contribution >= 4 is 11.8 Å². The van der Waals surface area contributed by atoms with E-state index < -0.39 is 0 Å². The van der Waals surface area contributed by atoms with E-state index in [1.807, 2.05) is 29.2 Å². The van der Waals surface area contributed by atoms with Crippen LogP contribution in [0.25, 0.3) is 0 Å². The normalized spacial score (nSPS) is 16.2. The van der Waals surface area contributed by atoms with Crippen molar-refractivity contribution in [2.75, 3.05) is 33.4 Å². The zero-order valence-corrected chi connectivity index (χ0v) is 17.0. The number of carbonyl (C=O) groups is 2. The largest absolute Gasteiger partial charge is 0.497 e. The first kappa shape index (κ1) is 20.7. The van der Waals surface area contributed by atoms with Crippen LogP contribution in [0.4, 0.5) is 0 Å². The Labute approximate surface area is 171 Å². The molecule has 29 heavy (non-hydrogen) atoms. The first-order chi connectivity index (χ1) is 14.1. The van der Waals surface area contributed by atoms with E-state index in [-0.39, 0.29) is 11.8 Å². The van der Waals surface area contributed by atoms with Crippen molar-refractivity contribution in [2.45, 2.75) is 19.8 Å². The molecule has 0 spiro atoms. The summed E-state index contributed by atoms with van der Waals surface area (Å²) < 4.78 is 10.7. The molecule has 1 aliphatic rings. The van der Waals surface area contributed by atoms with Gasteiger partial charge in [0.05, 0.1) is 13.7 Å². The van der Waals surface area contributed by atoms with Gasteiger partial charge < -0.3 is 19.7 Å². The molecule has 1 unspecified atom stereocenters. The van der Waals surface area contributed by atoms with Gasteiger partial charge in [-0.3, -0.25) is 9.59 Å². The molecule has 2 aromatic carbocycles. The third kappa shape index (κ3) is 5.73. The molecular formula is C23H28N2O4. The van der Waals surface area contributed by atoms with Gasteiger partial charge in [-0.05, 0) is 61.2 Å². The number of hydrogen-bond donors (Lipinski definition) is 1. The maximum absolute atomic E-state index is 12.7. The first-order valence-electron chi connectivity index (χ1n) is 10.0. The minimum Gasteiger partial charge on any atom is -0.497 e. The van der Waals surface area contributed by atoms with Crippen LogP contribution in [0, 0.1) is 5.92 Å². The summed E-state index contributed by atoms with van der Waals surface area (Å²) >= 11 is 0. The van der Waals surface area contributed by atoms with E-state index in [0.29, 0.717) is 35.9 Å². The third-order valence-electron chi connectivity index (χ3n) is 5.03. The lowest BCUT2D eigenvalue weighted by Gasteiger charge is -2.31. The van der Waals surface area contributed by atoms with E-state index in [2.05, 4.69) is 12.2 Å². The monoisotopic (exact) mass is 396 g/mol. The summed E-state index contributed by atoms with van der Waals surface area (Å²) in [6.45, 7) is 4.44. The number of likely N-dealkylation sites (tertiary alicyclic amines) is 1. The van der Waals surface area contributed by atoms with Gasteiger partial charge in [0.2, 0.25) is 0 Å². The predicted octanol–water partition coefficient (Wildman–Crippen LogP) is 3.38. The highest BCUT2D eigenvalue weighted by atomic mass is 16.5. The zero-order valence-electron chi connectivity index (χ0n) is 17.0. The Morgan fingerprint density at radius 3 is 2.55 bits per heavy atom. The van der Waals surface area contributed by atoms with Gasteiger partial charge in [-0.2, -0.15) is 0 Å². The number of amides is 2. The number of rotatable bonds is 7. The molecule has 1 fully saturated rings. The lowest BCUT2D eigenvalue weighted by atomic mass is 9.99. The lowest BCUT2D eigenvalue weighted by molar-refractivity contribution is 0.0683. The molecule has 0 saturated carbocycles. The van der Waals surface area contributed by atoms with Crippen LogP contribution in [0.1, 0.15) is 40.5 Å². The van der Waals surface area contributed by atoms with E-state index >= 15 is 0 Å². The third-order valence-corrected chi connectivity index (χ3v) is 5.03. The Hall–Kier alpha value is -3.02. The molecule has 0 radical (unpaired) electrons. The van der Waals surface area contributed by atoms with Gasteiger partial charge in [0, 0.05) is 24.2 Å². The number of methoxy groups -OCH3 is 1. The minimum atomic E-state index is -0.218. The van der Waals surface area contributed by atoms with Crippen LogP contribution in [0.3, 0.4) is 0 Å². The minimum absolute atomic E-state index is 0.00552.